The van der Waals surface area contributed by atoms with Crippen LogP contribution in [0.3, 0.4) is 0 Å². The van der Waals surface area contributed by atoms with Gasteiger partial charge in [-0.05, 0) is 37.9 Å². The van der Waals surface area contributed by atoms with E-state index in [1.165, 1.54) is 12.1 Å². The Morgan fingerprint density at radius 1 is 1.56 bits per heavy atom. The highest BCUT2D eigenvalue weighted by Crippen LogP contribution is 2.23. The molecule has 18 heavy (non-hydrogen) atoms. The predicted octanol–water partition coefficient (Wildman–Crippen LogP) is 2.11. The number of non-ortho nitro benzene ring substituents is 1. The standard InChI is InChI=1S/C12H15FN2O3/c13-11-7-10(15(16)17)1-2-12(11)18-6-4-9-3-5-14-8-9/h1-2,7,9,14H,3-6,8H2. The minimum Gasteiger partial charge on any atom is -0.490 e. The van der Waals surface area contributed by atoms with Crippen LogP contribution in [0.25, 0.3) is 0 Å². The van der Waals surface area contributed by atoms with Gasteiger partial charge in [0.05, 0.1) is 17.6 Å². The van der Waals surface area contributed by atoms with Gasteiger partial charge in [0.15, 0.2) is 11.6 Å². The summed E-state index contributed by atoms with van der Waals surface area (Å²) < 4.78 is 18.8. The summed E-state index contributed by atoms with van der Waals surface area (Å²) in [7, 11) is 0. The van der Waals surface area contributed by atoms with E-state index in [1.807, 2.05) is 0 Å². The number of ether oxygens (including phenoxy) is 1. The maximum atomic E-state index is 13.5. The fourth-order valence-corrected chi connectivity index (χ4v) is 2.02. The molecule has 0 spiro atoms. The lowest BCUT2D eigenvalue weighted by Crippen LogP contribution is -2.12. The van der Waals surface area contributed by atoms with Crippen LogP contribution in [0, 0.1) is 21.8 Å². The van der Waals surface area contributed by atoms with Crippen molar-refractivity contribution in [3.63, 3.8) is 0 Å². The maximum absolute atomic E-state index is 13.5. The second-order valence-electron chi connectivity index (χ2n) is 4.37. The minimum atomic E-state index is -0.686. The summed E-state index contributed by atoms with van der Waals surface area (Å²) >= 11 is 0. The molecule has 1 atom stereocenters. The van der Waals surface area contributed by atoms with E-state index < -0.39 is 10.7 Å². The van der Waals surface area contributed by atoms with E-state index >= 15 is 0 Å². The fraction of sp³-hybridized carbons (Fsp3) is 0.500. The van der Waals surface area contributed by atoms with Crippen LogP contribution in [0.15, 0.2) is 18.2 Å². The van der Waals surface area contributed by atoms with Crippen LogP contribution < -0.4 is 10.1 Å². The highest BCUT2D eigenvalue weighted by molar-refractivity contribution is 5.37. The number of benzene rings is 1. The molecule has 1 N–H and O–H groups in total. The smallest absolute Gasteiger partial charge is 0.272 e. The van der Waals surface area contributed by atoms with Gasteiger partial charge in [0.2, 0.25) is 0 Å². The Morgan fingerprint density at radius 3 is 3.00 bits per heavy atom. The van der Waals surface area contributed by atoms with Crippen LogP contribution in [-0.2, 0) is 0 Å². The van der Waals surface area contributed by atoms with E-state index in [2.05, 4.69) is 5.32 Å². The van der Waals surface area contributed by atoms with Crippen molar-refractivity contribution in [2.45, 2.75) is 12.8 Å². The van der Waals surface area contributed by atoms with Gasteiger partial charge in [0.25, 0.3) is 5.69 Å². The van der Waals surface area contributed by atoms with Gasteiger partial charge in [-0.3, -0.25) is 10.1 Å². The van der Waals surface area contributed by atoms with Crippen LogP contribution in [0.1, 0.15) is 12.8 Å². The Kier molecular flexibility index (Phi) is 4.09. The SMILES string of the molecule is O=[N+]([O-])c1ccc(OCCC2CCNC2)c(F)c1. The lowest BCUT2D eigenvalue weighted by molar-refractivity contribution is -0.385. The van der Waals surface area contributed by atoms with E-state index in [0.29, 0.717) is 12.5 Å². The number of hydrogen-bond acceptors (Lipinski definition) is 4. The Labute approximate surface area is 104 Å². The van der Waals surface area contributed by atoms with Gasteiger partial charge in [0.1, 0.15) is 0 Å². The van der Waals surface area contributed by atoms with E-state index in [0.717, 1.165) is 32.0 Å². The monoisotopic (exact) mass is 254 g/mol. The first kappa shape index (κ1) is 12.8. The number of nitro benzene ring substituents is 1. The minimum absolute atomic E-state index is 0.0755. The normalized spacial score (nSPS) is 18.8. The topological polar surface area (TPSA) is 64.4 Å². The molecular weight excluding hydrogens is 239 g/mol. The molecule has 0 aliphatic carbocycles. The highest BCUT2D eigenvalue weighted by Gasteiger charge is 2.15. The zero-order valence-corrected chi connectivity index (χ0v) is 9.89. The largest absolute Gasteiger partial charge is 0.490 e. The van der Waals surface area contributed by atoms with E-state index in [-0.39, 0.29) is 11.4 Å². The summed E-state index contributed by atoms with van der Waals surface area (Å²) in [5, 5.41) is 13.7. The quantitative estimate of drug-likeness (QED) is 0.645. The van der Waals surface area contributed by atoms with E-state index in [1.54, 1.807) is 0 Å². The second-order valence-corrected chi connectivity index (χ2v) is 4.37. The van der Waals surface area contributed by atoms with Gasteiger partial charge in [0, 0.05) is 6.07 Å². The molecule has 1 aliphatic rings. The van der Waals surface area contributed by atoms with Crippen molar-refractivity contribution in [2.24, 2.45) is 5.92 Å². The van der Waals surface area contributed by atoms with E-state index in [4.69, 9.17) is 4.74 Å². The molecule has 0 radical (unpaired) electrons. The Balaban J connectivity index is 1.87. The summed E-state index contributed by atoms with van der Waals surface area (Å²) in [6.45, 7) is 2.43. The number of halogens is 1. The molecular formula is C12H15FN2O3. The molecule has 0 saturated carbocycles. The van der Waals surface area contributed by atoms with Crippen molar-refractivity contribution in [2.75, 3.05) is 19.7 Å². The first-order chi connectivity index (χ1) is 8.66. The van der Waals surface area contributed by atoms with Gasteiger partial charge in [-0.25, -0.2) is 4.39 Å². The molecule has 1 unspecified atom stereocenters. The molecule has 1 fully saturated rings. The van der Waals surface area contributed by atoms with Gasteiger partial charge in [-0.2, -0.15) is 0 Å². The molecule has 1 heterocycles. The predicted molar refractivity (Wildman–Crippen MR) is 64.1 cm³/mol. The van der Waals surface area contributed by atoms with Crippen molar-refractivity contribution < 1.29 is 14.1 Å². The second kappa shape index (κ2) is 5.77. The molecule has 98 valence electrons. The van der Waals surface area contributed by atoms with Gasteiger partial charge < -0.3 is 10.1 Å². The van der Waals surface area contributed by atoms with Crippen molar-refractivity contribution in [3.05, 3.63) is 34.1 Å². The average Bonchev–Trinajstić information content (AvgIpc) is 2.84. The zero-order chi connectivity index (χ0) is 13.0. The summed E-state index contributed by atoms with van der Waals surface area (Å²) in [4.78, 5) is 9.82. The lowest BCUT2D eigenvalue weighted by atomic mass is 10.1. The van der Waals surface area contributed by atoms with Crippen molar-refractivity contribution in [1.29, 1.82) is 0 Å². The highest BCUT2D eigenvalue weighted by atomic mass is 19.1. The van der Waals surface area contributed by atoms with Crippen LogP contribution in [0.2, 0.25) is 0 Å². The van der Waals surface area contributed by atoms with Crippen LogP contribution >= 0.6 is 0 Å². The molecule has 1 aromatic rings. The number of nitro groups is 1. The third kappa shape index (κ3) is 3.16. The summed E-state index contributed by atoms with van der Waals surface area (Å²) in [5.74, 6) is -0.0357. The Hall–Kier alpha value is -1.69. The number of rotatable bonds is 5. The summed E-state index contributed by atoms with van der Waals surface area (Å²) in [6, 6.07) is 3.43. The number of hydrogen-bond donors (Lipinski definition) is 1. The summed E-state index contributed by atoms with van der Waals surface area (Å²) in [5.41, 5.74) is -0.264. The average molecular weight is 254 g/mol. The molecule has 5 nitrogen and oxygen atoms in total. The van der Waals surface area contributed by atoms with Crippen LogP contribution in [-0.4, -0.2) is 24.6 Å². The third-order valence-corrected chi connectivity index (χ3v) is 3.07. The van der Waals surface area contributed by atoms with E-state index in [9.17, 15) is 14.5 Å². The third-order valence-electron chi connectivity index (χ3n) is 3.07. The van der Waals surface area contributed by atoms with Crippen molar-refractivity contribution >= 4 is 5.69 Å². The van der Waals surface area contributed by atoms with Gasteiger partial charge in [-0.15, -0.1) is 0 Å². The first-order valence-electron chi connectivity index (χ1n) is 5.94. The fourth-order valence-electron chi connectivity index (χ4n) is 2.02. The maximum Gasteiger partial charge on any atom is 0.272 e. The van der Waals surface area contributed by atoms with Crippen LogP contribution in [0.5, 0.6) is 5.75 Å². The molecule has 0 aromatic heterocycles. The molecule has 1 aliphatic heterocycles. The molecule has 2 rings (SSSR count). The summed E-state index contributed by atoms with van der Waals surface area (Å²) in [6.07, 6.45) is 1.98. The first-order valence-corrected chi connectivity index (χ1v) is 5.94. The molecule has 6 heteroatoms. The Bertz CT molecular complexity index is 433. The van der Waals surface area contributed by atoms with Gasteiger partial charge >= 0.3 is 0 Å². The molecule has 1 aromatic carbocycles. The Morgan fingerprint density at radius 2 is 2.39 bits per heavy atom. The lowest BCUT2D eigenvalue weighted by Gasteiger charge is -2.10. The molecule has 0 bridgehead atoms. The van der Waals surface area contributed by atoms with Crippen molar-refractivity contribution in [3.8, 4) is 5.75 Å². The van der Waals surface area contributed by atoms with Crippen molar-refractivity contribution in [1.82, 2.24) is 5.32 Å². The molecule has 0 amide bonds. The number of nitrogens with zero attached hydrogens (tertiary/aromatic N) is 1. The van der Waals surface area contributed by atoms with Gasteiger partial charge in [-0.1, -0.05) is 0 Å². The zero-order valence-electron chi connectivity index (χ0n) is 9.89. The number of nitrogens with one attached hydrogen (secondary N) is 1. The van der Waals surface area contributed by atoms with Crippen LogP contribution in [0.4, 0.5) is 10.1 Å². The molecule has 1 saturated heterocycles.